The zero-order valence-electron chi connectivity index (χ0n) is 12.6. The van der Waals surface area contributed by atoms with E-state index >= 15 is 0 Å². The van der Waals surface area contributed by atoms with Gasteiger partial charge in [-0.2, -0.15) is 0 Å². The third-order valence-electron chi connectivity index (χ3n) is 4.92. The Balaban J connectivity index is 1.54. The Morgan fingerprint density at radius 1 is 1.38 bits per heavy atom. The van der Waals surface area contributed by atoms with E-state index < -0.39 is 0 Å². The molecule has 2 N–H and O–H groups in total. The highest BCUT2D eigenvalue weighted by Crippen LogP contribution is 2.39. The van der Waals surface area contributed by atoms with Gasteiger partial charge in [-0.25, -0.2) is 4.98 Å². The van der Waals surface area contributed by atoms with Crippen LogP contribution in [0.25, 0.3) is 0 Å². The Labute approximate surface area is 130 Å². The molecule has 2 fully saturated rings. The highest BCUT2D eigenvalue weighted by molar-refractivity contribution is 7.09. The van der Waals surface area contributed by atoms with Crippen LogP contribution in [-0.2, 0) is 10.3 Å². The van der Waals surface area contributed by atoms with Crippen LogP contribution in [0.1, 0.15) is 56.4 Å². The number of thiazole rings is 1. The van der Waals surface area contributed by atoms with Gasteiger partial charge in [0.15, 0.2) is 0 Å². The van der Waals surface area contributed by atoms with E-state index in [1.165, 1.54) is 25.7 Å². The molecule has 1 saturated heterocycles. The molecule has 1 amide bonds. The average Bonchev–Trinajstić information content (AvgIpc) is 3.18. The fourth-order valence-corrected chi connectivity index (χ4v) is 4.52. The second-order valence-corrected chi connectivity index (χ2v) is 7.30. The summed E-state index contributed by atoms with van der Waals surface area (Å²) in [6.07, 6.45) is 10.4. The van der Waals surface area contributed by atoms with Gasteiger partial charge in [-0.1, -0.05) is 12.8 Å². The van der Waals surface area contributed by atoms with Crippen LogP contribution >= 0.6 is 11.3 Å². The van der Waals surface area contributed by atoms with Crippen LogP contribution in [0.2, 0.25) is 0 Å². The van der Waals surface area contributed by atoms with E-state index in [4.69, 9.17) is 0 Å². The van der Waals surface area contributed by atoms with Gasteiger partial charge in [0.25, 0.3) is 0 Å². The minimum absolute atomic E-state index is 0.167. The van der Waals surface area contributed by atoms with Gasteiger partial charge < -0.3 is 10.6 Å². The number of aromatic nitrogens is 1. The van der Waals surface area contributed by atoms with Gasteiger partial charge in [-0.15, -0.1) is 11.3 Å². The van der Waals surface area contributed by atoms with Gasteiger partial charge in [0.05, 0.1) is 5.54 Å². The number of nitrogens with one attached hydrogen (secondary N) is 2. The van der Waals surface area contributed by atoms with E-state index in [-0.39, 0.29) is 11.4 Å². The lowest BCUT2D eigenvalue weighted by Crippen LogP contribution is -2.43. The minimum Gasteiger partial charge on any atom is -0.344 e. The molecule has 1 aromatic heterocycles. The van der Waals surface area contributed by atoms with Gasteiger partial charge in [0.1, 0.15) is 5.01 Å². The highest BCUT2D eigenvalue weighted by Gasteiger charge is 2.39. The number of piperidine rings is 1. The van der Waals surface area contributed by atoms with Crippen molar-refractivity contribution >= 4 is 17.2 Å². The SMILES string of the molecule is O=C(CCC1CCNCC1)NC1(c2nccs2)CCCC1. The van der Waals surface area contributed by atoms with Crippen molar-refractivity contribution in [3.8, 4) is 0 Å². The predicted octanol–water partition coefficient (Wildman–Crippen LogP) is 2.81. The number of carbonyl (C=O) groups excluding carboxylic acids is 1. The molecular formula is C16H25N3OS. The molecule has 0 unspecified atom stereocenters. The second kappa shape index (κ2) is 6.88. The van der Waals surface area contributed by atoms with E-state index in [0.717, 1.165) is 43.3 Å². The summed E-state index contributed by atoms with van der Waals surface area (Å²) < 4.78 is 0. The van der Waals surface area contributed by atoms with Crippen molar-refractivity contribution in [1.29, 1.82) is 0 Å². The van der Waals surface area contributed by atoms with E-state index in [2.05, 4.69) is 15.6 Å². The molecular weight excluding hydrogens is 282 g/mol. The Kier molecular flexibility index (Phi) is 4.91. The van der Waals surface area contributed by atoms with Crippen LogP contribution in [0, 0.1) is 5.92 Å². The van der Waals surface area contributed by atoms with Crippen molar-refractivity contribution in [1.82, 2.24) is 15.6 Å². The summed E-state index contributed by atoms with van der Waals surface area (Å²) in [5.41, 5.74) is -0.167. The Hall–Kier alpha value is -0.940. The van der Waals surface area contributed by atoms with Gasteiger partial charge >= 0.3 is 0 Å². The van der Waals surface area contributed by atoms with E-state index in [1.54, 1.807) is 11.3 Å². The van der Waals surface area contributed by atoms with E-state index in [9.17, 15) is 4.79 Å². The van der Waals surface area contributed by atoms with Crippen LogP contribution in [-0.4, -0.2) is 24.0 Å². The normalized spacial score (nSPS) is 22.3. The molecule has 5 heteroatoms. The van der Waals surface area contributed by atoms with Crippen molar-refractivity contribution in [2.24, 2.45) is 5.92 Å². The first-order valence-corrected chi connectivity index (χ1v) is 9.08. The maximum atomic E-state index is 12.4. The van der Waals surface area contributed by atoms with Crippen molar-refractivity contribution < 1.29 is 4.79 Å². The van der Waals surface area contributed by atoms with Gasteiger partial charge in [0, 0.05) is 18.0 Å². The molecule has 2 aliphatic rings. The summed E-state index contributed by atoms with van der Waals surface area (Å²) >= 11 is 1.67. The molecule has 116 valence electrons. The number of carbonyl (C=O) groups is 1. The molecule has 0 aromatic carbocycles. The monoisotopic (exact) mass is 307 g/mol. The summed E-state index contributed by atoms with van der Waals surface area (Å²) in [4.78, 5) is 16.9. The minimum atomic E-state index is -0.167. The third-order valence-corrected chi connectivity index (χ3v) is 5.89. The molecule has 0 atom stereocenters. The highest BCUT2D eigenvalue weighted by atomic mass is 32.1. The first kappa shape index (κ1) is 15.0. The van der Waals surface area contributed by atoms with Gasteiger partial charge in [0.2, 0.25) is 5.91 Å². The number of rotatable bonds is 5. The van der Waals surface area contributed by atoms with Crippen LogP contribution in [0.4, 0.5) is 0 Å². The van der Waals surface area contributed by atoms with Crippen LogP contribution in [0.3, 0.4) is 0 Å². The number of hydrogen-bond donors (Lipinski definition) is 2. The summed E-state index contributed by atoms with van der Waals surface area (Å²) in [5, 5.41) is 9.81. The number of amides is 1. The molecule has 1 saturated carbocycles. The van der Waals surface area contributed by atoms with Gasteiger partial charge in [-0.05, 0) is 51.1 Å². The van der Waals surface area contributed by atoms with Crippen LogP contribution in [0.5, 0.6) is 0 Å². The molecule has 21 heavy (non-hydrogen) atoms. The van der Waals surface area contributed by atoms with Crippen molar-refractivity contribution in [2.75, 3.05) is 13.1 Å². The summed E-state index contributed by atoms with van der Waals surface area (Å²) in [5.74, 6) is 0.932. The second-order valence-electron chi connectivity index (χ2n) is 6.41. The van der Waals surface area contributed by atoms with Gasteiger partial charge in [-0.3, -0.25) is 4.79 Å². The van der Waals surface area contributed by atoms with Crippen LogP contribution < -0.4 is 10.6 Å². The lowest BCUT2D eigenvalue weighted by Gasteiger charge is -2.29. The number of nitrogens with zero attached hydrogens (tertiary/aromatic N) is 1. The quantitative estimate of drug-likeness (QED) is 0.879. The fraction of sp³-hybridized carbons (Fsp3) is 0.750. The molecule has 1 aromatic rings. The zero-order chi connectivity index (χ0) is 14.5. The molecule has 0 spiro atoms. The largest absolute Gasteiger partial charge is 0.344 e. The maximum Gasteiger partial charge on any atom is 0.220 e. The maximum absolute atomic E-state index is 12.4. The fourth-order valence-electron chi connectivity index (χ4n) is 3.67. The molecule has 3 rings (SSSR count). The predicted molar refractivity (Wildman–Crippen MR) is 85.2 cm³/mol. The standard InChI is InChI=1S/C16H25N3OS/c20-14(4-3-13-5-9-17-10-6-13)19-16(7-1-2-8-16)15-18-11-12-21-15/h11-13,17H,1-10H2,(H,19,20). The Morgan fingerprint density at radius 3 is 2.81 bits per heavy atom. The lowest BCUT2D eigenvalue weighted by atomic mass is 9.92. The first-order chi connectivity index (χ1) is 10.3. The lowest BCUT2D eigenvalue weighted by molar-refractivity contribution is -0.123. The van der Waals surface area contributed by atoms with Crippen molar-refractivity contribution in [2.45, 2.75) is 56.9 Å². The molecule has 0 radical (unpaired) electrons. The van der Waals surface area contributed by atoms with E-state index in [0.29, 0.717) is 6.42 Å². The Morgan fingerprint density at radius 2 is 2.14 bits per heavy atom. The van der Waals surface area contributed by atoms with Crippen LogP contribution in [0.15, 0.2) is 11.6 Å². The van der Waals surface area contributed by atoms with Crippen molar-refractivity contribution in [3.05, 3.63) is 16.6 Å². The molecule has 2 heterocycles. The third kappa shape index (κ3) is 3.64. The molecule has 0 bridgehead atoms. The summed E-state index contributed by atoms with van der Waals surface area (Å²) in [7, 11) is 0. The first-order valence-electron chi connectivity index (χ1n) is 8.20. The summed E-state index contributed by atoms with van der Waals surface area (Å²) in [6.45, 7) is 2.21. The topological polar surface area (TPSA) is 54.0 Å². The van der Waals surface area contributed by atoms with Crippen molar-refractivity contribution in [3.63, 3.8) is 0 Å². The molecule has 1 aliphatic carbocycles. The molecule has 4 nitrogen and oxygen atoms in total. The zero-order valence-corrected chi connectivity index (χ0v) is 13.4. The smallest absolute Gasteiger partial charge is 0.220 e. The summed E-state index contributed by atoms with van der Waals surface area (Å²) in [6, 6.07) is 0. The van der Waals surface area contributed by atoms with E-state index in [1.807, 2.05) is 11.6 Å². The Bertz CT molecular complexity index is 448. The molecule has 1 aliphatic heterocycles. The average molecular weight is 307 g/mol. The number of hydrogen-bond acceptors (Lipinski definition) is 4.